The van der Waals surface area contributed by atoms with E-state index in [9.17, 15) is 9.18 Å². The average Bonchev–Trinajstić information content (AvgIpc) is 2.23. The lowest BCUT2D eigenvalue weighted by Gasteiger charge is -2.21. The third-order valence-corrected chi connectivity index (χ3v) is 2.25. The van der Waals surface area contributed by atoms with Gasteiger partial charge in [0.1, 0.15) is 5.82 Å². The van der Waals surface area contributed by atoms with E-state index in [4.69, 9.17) is 5.11 Å². The maximum atomic E-state index is 12.8. The Bertz CT molecular complexity index is 428. The summed E-state index contributed by atoms with van der Waals surface area (Å²) in [7, 11) is 0. The first kappa shape index (κ1) is 9.86. The summed E-state index contributed by atoms with van der Waals surface area (Å²) in [6, 6.07) is 6.15. The number of carbonyl (C=O) groups excluding carboxylic acids is 1. The average molecular weight is 207 g/mol. The number of halogens is 1. The van der Waals surface area contributed by atoms with Crippen molar-refractivity contribution < 1.29 is 14.3 Å². The van der Waals surface area contributed by atoms with Gasteiger partial charge in [0, 0.05) is 12.6 Å². The van der Waals surface area contributed by atoms with E-state index >= 15 is 0 Å². The monoisotopic (exact) mass is 207 g/mol. The van der Waals surface area contributed by atoms with Gasteiger partial charge in [0.25, 0.3) is 0 Å². The molecule has 78 valence electrons. The molecule has 4 heteroatoms. The highest BCUT2D eigenvalue weighted by Crippen LogP contribution is 2.13. The van der Waals surface area contributed by atoms with Crippen molar-refractivity contribution in [2.45, 2.75) is 12.6 Å². The molecule has 0 fully saturated rings. The molecule has 0 saturated carbocycles. The van der Waals surface area contributed by atoms with Gasteiger partial charge in [0.05, 0.1) is 5.70 Å². The highest BCUT2D eigenvalue weighted by Gasteiger charge is 2.27. The van der Waals surface area contributed by atoms with Crippen LogP contribution in [0.2, 0.25) is 0 Å². The lowest BCUT2D eigenvalue weighted by atomic mass is 10.0. The zero-order valence-electron chi connectivity index (χ0n) is 7.90. The van der Waals surface area contributed by atoms with Crippen molar-refractivity contribution in [2.75, 3.05) is 0 Å². The molecule has 0 radical (unpaired) electrons. The van der Waals surface area contributed by atoms with Crippen molar-refractivity contribution in [3.63, 3.8) is 0 Å². The second-order valence-electron chi connectivity index (χ2n) is 3.39. The molecule has 0 amide bonds. The van der Waals surface area contributed by atoms with Gasteiger partial charge in [0.2, 0.25) is 0 Å². The molecule has 0 spiro atoms. The Morgan fingerprint density at radius 1 is 1.47 bits per heavy atom. The van der Waals surface area contributed by atoms with Gasteiger partial charge in [-0.3, -0.25) is 4.79 Å². The maximum Gasteiger partial charge on any atom is 0.191 e. The topological polar surface area (TPSA) is 49.3 Å². The molecule has 2 rings (SSSR count). The van der Waals surface area contributed by atoms with Crippen LogP contribution in [0.3, 0.4) is 0 Å². The minimum absolute atomic E-state index is 0.295. The van der Waals surface area contributed by atoms with Crippen LogP contribution in [0.1, 0.15) is 5.56 Å². The third kappa shape index (κ3) is 2.05. The summed E-state index contributed by atoms with van der Waals surface area (Å²) in [6.07, 6.45) is 0.308. The minimum atomic E-state index is -1.03. The van der Waals surface area contributed by atoms with Crippen LogP contribution < -0.4 is 5.32 Å². The summed E-state index contributed by atoms with van der Waals surface area (Å²) in [5.41, 5.74) is 1.26. The zero-order valence-corrected chi connectivity index (χ0v) is 7.90. The number of rotatable bonds is 3. The normalized spacial score (nSPS) is 19.5. The molecule has 1 aromatic rings. The van der Waals surface area contributed by atoms with E-state index in [0.29, 0.717) is 12.2 Å². The van der Waals surface area contributed by atoms with Crippen LogP contribution in [0.4, 0.5) is 4.39 Å². The Balaban J connectivity index is 1.95. The van der Waals surface area contributed by atoms with Crippen LogP contribution in [0.15, 0.2) is 36.0 Å². The van der Waals surface area contributed by atoms with Crippen molar-refractivity contribution in [3.05, 3.63) is 47.4 Å². The molecule has 0 heterocycles. The number of hydrogen-bond donors (Lipinski definition) is 2. The van der Waals surface area contributed by atoms with Gasteiger partial charge < -0.3 is 10.4 Å². The number of aliphatic hydroxyl groups is 1. The Kier molecular flexibility index (Phi) is 2.51. The second-order valence-corrected chi connectivity index (χ2v) is 3.39. The predicted octanol–water partition coefficient (Wildman–Crippen LogP) is 0.743. The first-order chi connectivity index (χ1) is 7.16. The fourth-order valence-corrected chi connectivity index (χ4v) is 1.37. The number of ketones is 1. The van der Waals surface area contributed by atoms with E-state index < -0.39 is 6.10 Å². The van der Waals surface area contributed by atoms with Gasteiger partial charge in [0.15, 0.2) is 11.9 Å². The number of benzene rings is 1. The Labute approximate surface area is 86.2 Å². The van der Waals surface area contributed by atoms with E-state index in [1.54, 1.807) is 12.1 Å². The van der Waals surface area contributed by atoms with Crippen molar-refractivity contribution in [1.82, 2.24) is 5.32 Å². The first-order valence-electron chi connectivity index (χ1n) is 4.58. The molecule has 1 aliphatic rings. The largest absolute Gasteiger partial charge is 0.382 e. The molecule has 0 aromatic heterocycles. The van der Waals surface area contributed by atoms with E-state index in [0.717, 1.165) is 5.56 Å². The lowest BCUT2D eigenvalue weighted by molar-refractivity contribution is -0.123. The van der Waals surface area contributed by atoms with Crippen LogP contribution >= 0.6 is 0 Å². The summed E-state index contributed by atoms with van der Waals surface area (Å²) in [5, 5.41) is 12.0. The molecular weight excluding hydrogens is 197 g/mol. The molecule has 2 N–H and O–H groups in total. The highest BCUT2D eigenvalue weighted by molar-refractivity contribution is 6.03. The van der Waals surface area contributed by atoms with Gasteiger partial charge in [-0.05, 0) is 17.7 Å². The number of nitrogens with one attached hydrogen (secondary N) is 1. The molecule has 0 aliphatic heterocycles. The first-order valence-corrected chi connectivity index (χ1v) is 4.58. The van der Waals surface area contributed by atoms with Crippen LogP contribution in [0.5, 0.6) is 0 Å². The summed E-state index contributed by atoms with van der Waals surface area (Å²) < 4.78 is 12.8. The molecule has 1 aromatic carbocycles. The zero-order chi connectivity index (χ0) is 10.8. The molecule has 0 bridgehead atoms. The summed E-state index contributed by atoms with van der Waals surface area (Å²) in [4.78, 5) is 10.7. The van der Waals surface area contributed by atoms with Crippen molar-refractivity contribution in [3.8, 4) is 0 Å². The second kappa shape index (κ2) is 3.82. The van der Waals surface area contributed by atoms with Gasteiger partial charge in [-0.1, -0.05) is 12.1 Å². The standard InChI is InChI=1S/C11H10FNO2/c12-8-3-1-2-7(4-8)6-13-9-5-10(14)11(9)15/h1-5,11,13,15H,6H2. The lowest BCUT2D eigenvalue weighted by Crippen LogP contribution is -2.38. The fourth-order valence-electron chi connectivity index (χ4n) is 1.37. The molecular formula is C11H10FNO2. The molecule has 1 unspecified atom stereocenters. The van der Waals surface area contributed by atoms with Gasteiger partial charge in [-0.2, -0.15) is 0 Å². The van der Waals surface area contributed by atoms with Crippen LogP contribution in [0.25, 0.3) is 0 Å². The van der Waals surface area contributed by atoms with E-state index in [2.05, 4.69) is 5.32 Å². The highest BCUT2D eigenvalue weighted by atomic mass is 19.1. The van der Waals surface area contributed by atoms with Crippen molar-refractivity contribution in [2.24, 2.45) is 0 Å². The molecule has 1 aliphatic carbocycles. The third-order valence-electron chi connectivity index (χ3n) is 2.25. The number of carbonyl (C=O) groups is 1. The Hall–Kier alpha value is -1.68. The number of hydrogen-bond acceptors (Lipinski definition) is 3. The van der Waals surface area contributed by atoms with Gasteiger partial charge in [-0.15, -0.1) is 0 Å². The summed E-state index contributed by atoms with van der Waals surface area (Å²) >= 11 is 0. The predicted molar refractivity (Wildman–Crippen MR) is 52.3 cm³/mol. The molecule has 3 nitrogen and oxygen atoms in total. The Morgan fingerprint density at radius 2 is 2.27 bits per heavy atom. The van der Waals surface area contributed by atoms with Crippen LogP contribution in [-0.2, 0) is 11.3 Å². The quantitative estimate of drug-likeness (QED) is 0.768. The van der Waals surface area contributed by atoms with Gasteiger partial charge in [-0.25, -0.2) is 4.39 Å². The van der Waals surface area contributed by atoms with E-state index in [1.165, 1.54) is 18.2 Å². The maximum absolute atomic E-state index is 12.8. The van der Waals surface area contributed by atoms with Crippen molar-refractivity contribution in [1.29, 1.82) is 0 Å². The van der Waals surface area contributed by atoms with Gasteiger partial charge >= 0.3 is 0 Å². The molecule has 15 heavy (non-hydrogen) atoms. The fraction of sp³-hybridized carbons (Fsp3) is 0.182. The van der Waals surface area contributed by atoms with Crippen LogP contribution in [-0.4, -0.2) is 17.0 Å². The molecule has 0 saturated heterocycles. The SMILES string of the molecule is O=C1C=C(NCc2cccc(F)c2)C1O. The smallest absolute Gasteiger partial charge is 0.191 e. The Morgan fingerprint density at radius 3 is 2.87 bits per heavy atom. The summed E-state index contributed by atoms with van der Waals surface area (Å²) in [5.74, 6) is -0.592. The van der Waals surface area contributed by atoms with Crippen molar-refractivity contribution >= 4 is 5.78 Å². The number of aliphatic hydroxyl groups excluding tert-OH is 1. The van der Waals surface area contributed by atoms with Crippen LogP contribution in [0, 0.1) is 5.82 Å². The molecule has 1 atom stereocenters. The van der Waals surface area contributed by atoms with E-state index in [-0.39, 0.29) is 11.6 Å². The van der Waals surface area contributed by atoms with E-state index in [1.807, 2.05) is 0 Å². The minimum Gasteiger partial charge on any atom is -0.382 e. The summed E-state index contributed by atoms with van der Waals surface area (Å²) in [6.45, 7) is 0.397.